The van der Waals surface area contributed by atoms with Gasteiger partial charge >= 0.3 is 5.97 Å². The molecule has 1 atom stereocenters. The fraction of sp³-hybridized carbons (Fsp3) is 0.211. The Morgan fingerprint density at radius 3 is 2.46 bits per heavy atom. The maximum atomic E-state index is 13.8. The van der Waals surface area contributed by atoms with E-state index in [-0.39, 0.29) is 12.2 Å². The average molecular weight is 327 g/mol. The number of halogens is 1. The van der Waals surface area contributed by atoms with Gasteiger partial charge in [-0.3, -0.25) is 14.6 Å². The number of benzene rings is 2. The predicted octanol–water partition coefficient (Wildman–Crippen LogP) is 3.46. The molecule has 0 saturated carbocycles. The molecule has 4 nitrogen and oxygen atoms in total. The SMILES string of the molecule is CCOC(=O)C(C=NCc1ccccc1)C(=O)c1ccccc1F. The zero-order valence-electron chi connectivity index (χ0n) is 13.3. The van der Waals surface area contributed by atoms with Crippen molar-refractivity contribution in [2.45, 2.75) is 13.5 Å². The monoisotopic (exact) mass is 327 g/mol. The molecule has 0 bridgehead atoms. The number of carbonyl (C=O) groups is 2. The van der Waals surface area contributed by atoms with Crippen molar-refractivity contribution in [3.05, 3.63) is 71.5 Å². The third kappa shape index (κ3) is 4.59. The van der Waals surface area contributed by atoms with Crippen LogP contribution >= 0.6 is 0 Å². The van der Waals surface area contributed by atoms with Gasteiger partial charge < -0.3 is 4.74 Å². The van der Waals surface area contributed by atoms with Crippen LogP contribution in [0, 0.1) is 11.7 Å². The second-order valence-electron chi connectivity index (χ2n) is 5.05. The van der Waals surface area contributed by atoms with Gasteiger partial charge in [-0.05, 0) is 24.6 Å². The van der Waals surface area contributed by atoms with Crippen LogP contribution in [0.1, 0.15) is 22.8 Å². The van der Waals surface area contributed by atoms with Gasteiger partial charge in [0.25, 0.3) is 0 Å². The van der Waals surface area contributed by atoms with E-state index in [4.69, 9.17) is 4.74 Å². The lowest BCUT2D eigenvalue weighted by Crippen LogP contribution is -2.28. The fourth-order valence-electron chi connectivity index (χ4n) is 2.14. The molecular weight excluding hydrogens is 309 g/mol. The summed E-state index contributed by atoms with van der Waals surface area (Å²) in [5.74, 6) is -3.33. The van der Waals surface area contributed by atoms with Gasteiger partial charge in [0.2, 0.25) is 0 Å². The minimum atomic E-state index is -1.26. The molecule has 2 rings (SSSR count). The molecule has 0 aliphatic carbocycles. The standard InChI is InChI=1S/C19H18FNO3/c1-2-24-19(23)16(13-21-12-14-8-4-3-5-9-14)18(22)15-10-6-7-11-17(15)20/h3-11,13,16H,2,12H2,1H3. The summed E-state index contributed by atoms with van der Waals surface area (Å²) in [6.45, 7) is 2.09. The molecule has 0 fully saturated rings. The Morgan fingerprint density at radius 1 is 1.12 bits per heavy atom. The molecule has 5 heteroatoms. The van der Waals surface area contributed by atoms with Crippen molar-refractivity contribution in [3.8, 4) is 0 Å². The van der Waals surface area contributed by atoms with Crippen LogP contribution in [0.15, 0.2) is 59.6 Å². The Hall–Kier alpha value is -2.82. The van der Waals surface area contributed by atoms with Crippen LogP contribution in [-0.4, -0.2) is 24.6 Å². The molecule has 0 spiro atoms. The zero-order valence-corrected chi connectivity index (χ0v) is 13.3. The van der Waals surface area contributed by atoms with Crippen molar-refractivity contribution in [1.82, 2.24) is 0 Å². The topological polar surface area (TPSA) is 55.7 Å². The molecule has 0 aliphatic heterocycles. The van der Waals surface area contributed by atoms with Crippen molar-refractivity contribution >= 4 is 18.0 Å². The first-order valence-electron chi connectivity index (χ1n) is 7.62. The van der Waals surface area contributed by atoms with Crippen molar-refractivity contribution < 1.29 is 18.7 Å². The van der Waals surface area contributed by atoms with E-state index in [0.29, 0.717) is 6.54 Å². The van der Waals surface area contributed by atoms with Gasteiger partial charge in [-0.15, -0.1) is 0 Å². The Kier molecular flexibility index (Phi) is 6.37. The molecule has 0 radical (unpaired) electrons. The number of carbonyl (C=O) groups excluding carboxylic acids is 2. The summed E-state index contributed by atoms with van der Waals surface area (Å²) < 4.78 is 18.7. The number of hydrogen-bond donors (Lipinski definition) is 0. The van der Waals surface area contributed by atoms with Crippen LogP contribution in [0.25, 0.3) is 0 Å². The second-order valence-corrected chi connectivity index (χ2v) is 5.05. The lowest BCUT2D eigenvalue weighted by Gasteiger charge is -2.11. The summed E-state index contributed by atoms with van der Waals surface area (Å²) in [6.07, 6.45) is 1.24. The molecule has 1 unspecified atom stereocenters. The fourth-order valence-corrected chi connectivity index (χ4v) is 2.14. The summed E-state index contributed by atoms with van der Waals surface area (Å²) in [6, 6.07) is 14.9. The lowest BCUT2D eigenvalue weighted by atomic mass is 9.98. The van der Waals surface area contributed by atoms with Crippen LogP contribution in [0.5, 0.6) is 0 Å². The van der Waals surface area contributed by atoms with Crippen molar-refractivity contribution in [2.75, 3.05) is 6.61 Å². The lowest BCUT2D eigenvalue weighted by molar-refractivity contribution is -0.143. The van der Waals surface area contributed by atoms with Gasteiger partial charge in [-0.2, -0.15) is 0 Å². The highest BCUT2D eigenvalue weighted by atomic mass is 19.1. The molecule has 0 amide bonds. The van der Waals surface area contributed by atoms with E-state index in [1.54, 1.807) is 13.0 Å². The number of ketones is 1. The number of aliphatic imine (C=N–C) groups is 1. The van der Waals surface area contributed by atoms with Crippen molar-refractivity contribution in [1.29, 1.82) is 0 Å². The van der Waals surface area contributed by atoms with Crippen LogP contribution in [0.2, 0.25) is 0 Å². The van der Waals surface area contributed by atoms with E-state index in [1.165, 1.54) is 24.4 Å². The second kappa shape index (κ2) is 8.72. The number of rotatable bonds is 7. The molecule has 0 aliphatic rings. The molecular formula is C19H18FNO3. The first kappa shape index (κ1) is 17.5. The van der Waals surface area contributed by atoms with E-state index >= 15 is 0 Å². The highest BCUT2D eigenvalue weighted by molar-refractivity contribution is 6.18. The number of nitrogens with zero attached hydrogens (tertiary/aromatic N) is 1. The van der Waals surface area contributed by atoms with Gasteiger partial charge in [-0.1, -0.05) is 42.5 Å². The number of hydrogen-bond acceptors (Lipinski definition) is 4. The average Bonchev–Trinajstić information content (AvgIpc) is 2.60. The van der Waals surface area contributed by atoms with Gasteiger partial charge in [0.1, 0.15) is 5.82 Å². The maximum Gasteiger partial charge on any atom is 0.322 e. The van der Waals surface area contributed by atoms with E-state index in [9.17, 15) is 14.0 Å². The van der Waals surface area contributed by atoms with E-state index in [2.05, 4.69) is 4.99 Å². The van der Waals surface area contributed by atoms with Crippen LogP contribution in [0.4, 0.5) is 4.39 Å². The Balaban J connectivity index is 2.20. The summed E-state index contributed by atoms with van der Waals surface area (Å²) in [7, 11) is 0. The molecule has 0 heterocycles. The van der Waals surface area contributed by atoms with Gasteiger partial charge in [-0.25, -0.2) is 4.39 Å². The zero-order chi connectivity index (χ0) is 17.4. The van der Waals surface area contributed by atoms with Gasteiger partial charge in [0.15, 0.2) is 11.7 Å². The minimum Gasteiger partial charge on any atom is -0.465 e. The van der Waals surface area contributed by atoms with Crippen molar-refractivity contribution in [2.24, 2.45) is 10.9 Å². The molecule has 0 aromatic heterocycles. The summed E-state index contributed by atoms with van der Waals surface area (Å²) in [4.78, 5) is 28.7. The van der Waals surface area contributed by atoms with E-state index < -0.39 is 23.5 Å². The molecule has 24 heavy (non-hydrogen) atoms. The predicted molar refractivity (Wildman–Crippen MR) is 89.5 cm³/mol. The van der Waals surface area contributed by atoms with Gasteiger partial charge in [0.05, 0.1) is 18.7 Å². The highest BCUT2D eigenvalue weighted by Gasteiger charge is 2.29. The molecule has 2 aromatic carbocycles. The number of esters is 1. The Labute approximate surface area is 140 Å². The maximum absolute atomic E-state index is 13.8. The molecule has 0 saturated heterocycles. The molecule has 124 valence electrons. The summed E-state index contributed by atoms with van der Waals surface area (Å²) in [5, 5.41) is 0. The van der Waals surface area contributed by atoms with Gasteiger partial charge in [0, 0.05) is 6.21 Å². The third-order valence-electron chi connectivity index (χ3n) is 3.33. The summed E-state index contributed by atoms with van der Waals surface area (Å²) in [5.41, 5.74) is 0.788. The largest absolute Gasteiger partial charge is 0.465 e. The first-order chi connectivity index (χ1) is 11.6. The minimum absolute atomic E-state index is 0.131. The van der Waals surface area contributed by atoms with Crippen molar-refractivity contribution in [3.63, 3.8) is 0 Å². The highest BCUT2D eigenvalue weighted by Crippen LogP contribution is 2.14. The summed E-state index contributed by atoms with van der Waals surface area (Å²) >= 11 is 0. The quantitative estimate of drug-likeness (QED) is 0.339. The van der Waals surface area contributed by atoms with E-state index in [0.717, 1.165) is 5.56 Å². The third-order valence-corrected chi connectivity index (χ3v) is 3.33. The normalized spacial score (nSPS) is 12.1. The Morgan fingerprint density at radius 2 is 1.79 bits per heavy atom. The smallest absolute Gasteiger partial charge is 0.322 e. The van der Waals surface area contributed by atoms with E-state index in [1.807, 2.05) is 30.3 Å². The number of ether oxygens (including phenoxy) is 1. The molecule has 0 N–H and O–H groups in total. The first-order valence-corrected chi connectivity index (χ1v) is 7.62. The van der Waals surface area contributed by atoms with Crippen LogP contribution in [0.3, 0.4) is 0 Å². The van der Waals surface area contributed by atoms with Crippen LogP contribution in [-0.2, 0) is 16.1 Å². The number of Topliss-reactive ketones (excluding diaryl/α,β-unsaturated/α-hetero) is 1. The van der Waals surface area contributed by atoms with Crippen LogP contribution < -0.4 is 0 Å². The molecule has 2 aromatic rings. The Bertz CT molecular complexity index is 728.